The van der Waals surface area contributed by atoms with E-state index in [0.29, 0.717) is 0 Å². The number of quaternary nitrogens is 1. The van der Waals surface area contributed by atoms with Gasteiger partial charge in [-0.1, -0.05) is 66.7 Å². The number of hydrogen-bond donors (Lipinski definition) is 0. The molecule has 0 aromatic heterocycles. The molecular formula is C21H22BNO4. The van der Waals surface area contributed by atoms with Crippen molar-refractivity contribution in [1.82, 2.24) is 0 Å². The Bertz CT molecular complexity index is 803. The molecule has 1 saturated heterocycles. The van der Waals surface area contributed by atoms with Crippen LogP contribution in [0.5, 0.6) is 0 Å². The summed E-state index contributed by atoms with van der Waals surface area (Å²) < 4.78 is 10.6. The van der Waals surface area contributed by atoms with Gasteiger partial charge in [-0.05, 0) is 18.5 Å². The molecule has 0 N–H and O–H groups in total. The minimum Gasteiger partial charge on any atom is -0.491 e. The van der Waals surface area contributed by atoms with Crippen molar-refractivity contribution in [2.75, 3.05) is 13.1 Å². The number of carbonyl (C=O) groups is 2. The lowest BCUT2D eigenvalue weighted by Gasteiger charge is -2.46. The van der Waals surface area contributed by atoms with Gasteiger partial charge < -0.3 is 13.8 Å². The third kappa shape index (κ3) is 4.86. The van der Waals surface area contributed by atoms with Crippen LogP contribution in [0.3, 0.4) is 0 Å². The Balaban J connectivity index is 1.74. The number of hydrogen-bond acceptors (Lipinski definition) is 4. The van der Waals surface area contributed by atoms with Crippen LogP contribution in [0.25, 0.3) is 6.08 Å². The van der Waals surface area contributed by atoms with Gasteiger partial charge in [-0.2, -0.15) is 0 Å². The lowest BCUT2D eigenvalue weighted by Crippen LogP contribution is -2.54. The maximum absolute atomic E-state index is 12.4. The smallest absolute Gasteiger partial charge is 0.491 e. The molecule has 6 heteroatoms. The normalized spacial score (nSPS) is 18.4. The van der Waals surface area contributed by atoms with Gasteiger partial charge in [-0.3, -0.25) is 0 Å². The molecule has 138 valence electrons. The highest BCUT2D eigenvalue weighted by Gasteiger charge is 2.37. The molecule has 1 unspecified atom stereocenters. The van der Waals surface area contributed by atoms with Gasteiger partial charge >= 0.3 is 19.1 Å². The van der Waals surface area contributed by atoms with Crippen LogP contribution in [0.4, 0.5) is 0 Å². The van der Waals surface area contributed by atoms with Gasteiger partial charge in [0.05, 0.1) is 6.04 Å². The molecule has 1 aliphatic rings. The molecule has 0 spiro atoms. The largest absolute Gasteiger partial charge is 0.629 e. The topological polar surface area (TPSA) is 52.6 Å². The van der Waals surface area contributed by atoms with E-state index >= 15 is 0 Å². The molecule has 0 bridgehead atoms. The number of rotatable bonds is 4. The Hall–Kier alpha value is -2.86. The van der Waals surface area contributed by atoms with E-state index in [-0.39, 0.29) is 23.6 Å². The van der Waals surface area contributed by atoms with Crippen molar-refractivity contribution >= 4 is 25.1 Å². The third-order valence-electron chi connectivity index (χ3n) is 4.73. The fourth-order valence-corrected chi connectivity index (χ4v) is 3.08. The fraction of sp³-hybridized carbons (Fsp3) is 0.190. The maximum atomic E-state index is 12.4. The standard InChI is InChI=1S/C21H22BNO4/c1-17(19-11-7-4-8-12-19)23(2)15-20(24)26-22(27-21(25)16-23)14-13-18-9-5-3-6-10-18/h3-14,17H,2,15-16H2,1H3/b14-13+. The maximum Gasteiger partial charge on any atom is 0.629 e. The first-order chi connectivity index (χ1) is 13.0. The van der Waals surface area contributed by atoms with Crippen molar-refractivity contribution in [3.05, 3.63) is 84.8 Å². The zero-order chi connectivity index (χ0) is 19.3. The second kappa shape index (κ2) is 8.23. The number of benzene rings is 2. The SMILES string of the molecule is [CH2-][N+]1(C(C)c2ccccc2)CC(=O)OB(/C=C/c2ccccc2)OC(=O)C1. The van der Waals surface area contributed by atoms with E-state index in [0.717, 1.165) is 11.1 Å². The molecule has 27 heavy (non-hydrogen) atoms. The average molecular weight is 363 g/mol. The first-order valence-corrected chi connectivity index (χ1v) is 8.84. The minimum absolute atomic E-state index is 0.0131. The predicted octanol–water partition coefficient (Wildman–Crippen LogP) is 3.20. The summed E-state index contributed by atoms with van der Waals surface area (Å²) in [6.45, 7) is 1.92. The molecule has 2 aromatic carbocycles. The summed E-state index contributed by atoms with van der Waals surface area (Å²) in [5.41, 5.74) is 1.92. The predicted molar refractivity (Wildman–Crippen MR) is 104 cm³/mol. The quantitative estimate of drug-likeness (QED) is 0.476. The Kier molecular flexibility index (Phi) is 5.77. The Labute approximate surface area is 159 Å². The summed E-state index contributed by atoms with van der Waals surface area (Å²) in [4.78, 5) is 24.8. The molecule has 1 fully saturated rings. The van der Waals surface area contributed by atoms with Gasteiger partial charge in [0, 0.05) is 5.56 Å². The van der Waals surface area contributed by atoms with Crippen LogP contribution in [0.2, 0.25) is 0 Å². The first kappa shape index (κ1) is 18.9. The molecule has 1 heterocycles. The van der Waals surface area contributed by atoms with E-state index in [1.807, 2.05) is 67.6 Å². The van der Waals surface area contributed by atoms with Crippen LogP contribution < -0.4 is 0 Å². The monoisotopic (exact) mass is 363 g/mol. The van der Waals surface area contributed by atoms with Crippen LogP contribution in [-0.4, -0.2) is 36.6 Å². The molecule has 1 atom stereocenters. The summed E-state index contributed by atoms with van der Waals surface area (Å²) >= 11 is 0. The molecule has 5 nitrogen and oxygen atoms in total. The van der Waals surface area contributed by atoms with Crippen molar-refractivity contribution in [1.29, 1.82) is 0 Å². The van der Waals surface area contributed by atoms with E-state index < -0.39 is 19.1 Å². The lowest BCUT2D eigenvalue weighted by molar-refractivity contribution is -0.900. The highest BCUT2D eigenvalue weighted by molar-refractivity contribution is 6.55. The van der Waals surface area contributed by atoms with Crippen LogP contribution >= 0.6 is 0 Å². The number of carbonyl (C=O) groups excluding carboxylic acids is 2. The molecular weight excluding hydrogens is 341 g/mol. The highest BCUT2D eigenvalue weighted by Crippen LogP contribution is 2.28. The molecule has 1 aliphatic heterocycles. The summed E-state index contributed by atoms with van der Waals surface area (Å²) in [7, 11) is 3.11. The van der Waals surface area contributed by atoms with E-state index in [4.69, 9.17) is 9.31 Å². The second-order valence-electron chi connectivity index (χ2n) is 6.74. The molecule has 2 aromatic rings. The van der Waals surface area contributed by atoms with Crippen LogP contribution in [0.1, 0.15) is 24.1 Å². The molecule has 0 aliphatic carbocycles. The van der Waals surface area contributed by atoms with Crippen LogP contribution in [0, 0.1) is 7.05 Å². The van der Waals surface area contributed by atoms with Crippen LogP contribution in [0.15, 0.2) is 66.6 Å². The lowest BCUT2D eigenvalue weighted by atomic mass is 9.88. The Morgan fingerprint density at radius 2 is 1.48 bits per heavy atom. The second-order valence-corrected chi connectivity index (χ2v) is 6.74. The third-order valence-corrected chi connectivity index (χ3v) is 4.73. The van der Waals surface area contributed by atoms with Gasteiger partial charge in [-0.25, -0.2) is 9.59 Å². The van der Waals surface area contributed by atoms with E-state index in [1.54, 1.807) is 12.1 Å². The Morgan fingerprint density at radius 1 is 0.963 bits per heavy atom. The summed E-state index contributed by atoms with van der Waals surface area (Å²) in [5, 5.41) is 0. The van der Waals surface area contributed by atoms with Gasteiger partial charge in [0.2, 0.25) is 0 Å². The van der Waals surface area contributed by atoms with Crippen molar-refractivity contribution in [2.45, 2.75) is 13.0 Å². The Morgan fingerprint density at radius 3 is 2.04 bits per heavy atom. The van der Waals surface area contributed by atoms with Gasteiger partial charge in [0.1, 0.15) is 0 Å². The van der Waals surface area contributed by atoms with Crippen molar-refractivity contribution in [3.8, 4) is 0 Å². The van der Waals surface area contributed by atoms with Gasteiger partial charge in [-0.15, -0.1) is 7.05 Å². The molecule has 0 amide bonds. The van der Waals surface area contributed by atoms with Gasteiger partial charge in [0.15, 0.2) is 13.1 Å². The highest BCUT2D eigenvalue weighted by atomic mass is 16.6. The zero-order valence-corrected chi connectivity index (χ0v) is 15.3. The average Bonchev–Trinajstić information content (AvgIpc) is 2.65. The zero-order valence-electron chi connectivity index (χ0n) is 15.3. The van der Waals surface area contributed by atoms with Crippen molar-refractivity contribution in [3.63, 3.8) is 0 Å². The van der Waals surface area contributed by atoms with Crippen LogP contribution in [-0.2, 0) is 18.9 Å². The molecule has 0 saturated carbocycles. The summed E-state index contributed by atoms with van der Waals surface area (Å²) in [6.07, 6.45) is 1.76. The van der Waals surface area contributed by atoms with E-state index in [1.165, 1.54) is 0 Å². The van der Waals surface area contributed by atoms with Gasteiger partial charge in [0.25, 0.3) is 0 Å². The summed E-state index contributed by atoms with van der Waals surface area (Å²) in [5.74, 6) is 0.653. The number of nitrogens with zero attached hydrogens (tertiary/aromatic N) is 1. The van der Waals surface area contributed by atoms with E-state index in [2.05, 4.69) is 7.05 Å². The van der Waals surface area contributed by atoms with E-state index in [9.17, 15) is 9.59 Å². The minimum atomic E-state index is -1.04. The van der Waals surface area contributed by atoms with Crippen molar-refractivity contribution < 1.29 is 23.4 Å². The summed E-state index contributed by atoms with van der Waals surface area (Å²) in [6, 6.07) is 19.0. The van der Waals surface area contributed by atoms with Crippen molar-refractivity contribution in [2.24, 2.45) is 0 Å². The first-order valence-electron chi connectivity index (χ1n) is 8.84. The molecule has 3 rings (SSSR count). The fourth-order valence-electron chi connectivity index (χ4n) is 3.08. The molecule has 0 radical (unpaired) electrons.